The molecule has 27 heavy (non-hydrogen) atoms. The van der Waals surface area contributed by atoms with Crippen molar-refractivity contribution in [3.63, 3.8) is 0 Å². The number of carbonyl (C=O) groups is 1. The molecule has 1 amide bonds. The fourth-order valence-corrected chi connectivity index (χ4v) is 2.58. The highest BCUT2D eigenvalue weighted by molar-refractivity contribution is 5.91. The first-order valence-corrected chi connectivity index (χ1v) is 8.84. The molecule has 0 spiro atoms. The Morgan fingerprint density at radius 2 is 1.85 bits per heavy atom. The Bertz CT molecular complexity index is 919. The van der Waals surface area contributed by atoms with E-state index in [4.69, 9.17) is 4.74 Å². The van der Waals surface area contributed by atoms with Crippen LogP contribution in [0.1, 0.15) is 29.8 Å². The van der Waals surface area contributed by atoms with Gasteiger partial charge in [0, 0.05) is 11.8 Å². The monoisotopic (exact) mass is 358 g/mol. The fraction of sp³-hybridized carbons (Fsp3) is 0.130. The second-order valence-electron chi connectivity index (χ2n) is 6.28. The number of pyridine rings is 1. The fourth-order valence-electron chi connectivity index (χ4n) is 2.58. The van der Waals surface area contributed by atoms with Crippen LogP contribution in [0.2, 0.25) is 0 Å². The summed E-state index contributed by atoms with van der Waals surface area (Å²) in [5.41, 5.74) is 2.90. The van der Waals surface area contributed by atoms with E-state index in [0.717, 1.165) is 16.8 Å². The van der Waals surface area contributed by atoms with E-state index in [1.807, 2.05) is 80.6 Å². The predicted molar refractivity (Wildman–Crippen MR) is 108 cm³/mol. The molecule has 0 saturated heterocycles. The van der Waals surface area contributed by atoms with Crippen molar-refractivity contribution in [3.05, 3.63) is 95.8 Å². The summed E-state index contributed by atoms with van der Waals surface area (Å²) in [5.74, 6) is 1.25. The van der Waals surface area contributed by atoms with Gasteiger partial charge in [0.05, 0.1) is 12.2 Å². The molecule has 0 bridgehead atoms. The number of hydrogen-bond acceptors (Lipinski definition) is 3. The lowest BCUT2D eigenvalue weighted by Gasteiger charge is -2.14. The summed E-state index contributed by atoms with van der Waals surface area (Å²) in [6, 6.07) is 21.1. The summed E-state index contributed by atoms with van der Waals surface area (Å²) < 4.78 is 5.85. The molecular formula is C23H22N2O2. The zero-order valence-corrected chi connectivity index (χ0v) is 15.4. The van der Waals surface area contributed by atoms with Crippen LogP contribution in [0.15, 0.2) is 79.0 Å². The summed E-state index contributed by atoms with van der Waals surface area (Å²) in [7, 11) is 0. The smallest absolute Gasteiger partial charge is 0.244 e. The second-order valence-corrected chi connectivity index (χ2v) is 6.28. The lowest BCUT2D eigenvalue weighted by molar-refractivity contribution is -0.117. The molecule has 4 heteroatoms. The van der Waals surface area contributed by atoms with Crippen LogP contribution in [-0.2, 0) is 4.79 Å². The van der Waals surface area contributed by atoms with E-state index in [2.05, 4.69) is 10.3 Å². The van der Waals surface area contributed by atoms with Gasteiger partial charge in [-0.1, -0.05) is 42.5 Å². The maximum absolute atomic E-state index is 12.2. The molecule has 0 aliphatic rings. The summed E-state index contributed by atoms with van der Waals surface area (Å²) in [6.45, 7) is 3.88. The number of nitrogens with one attached hydrogen (secondary N) is 1. The first-order chi connectivity index (χ1) is 13.1. The van der Waals surface area contributed by atoms with E-state index in [-0.39, 0.29) is 11.9 Å². The molecule has 2 aromatic carbocycles. The number of ether oxygens (including phenoxy) is 1. The number of hydrogen-bond donors (Lipinski definition) is 1. The summed E-state index contributed by atoms with van der Waals surface area (Å²) in [5, 5.41) is 2.97. The highest BCUT2D eigenvalue weighted by Gasteiger charge is 2.09. The predicted octanol–water partition coefficient (Wildman–Crippen LogP) is 5.07. The molecule has 0 radical (unpaired) electrons. The molecule has 0 fully saturated rings. The average molecular weight is 358 g/mol. The lowest BCUT2D eigenvalue weighted by Crippen LogP contribution is -2.24. The summed E-state index contributed by atoms with van der Waals surface area (Å²) >= 11 is 0. The molecule has 0 aliphatic heterocycles. The molecule has 0 aliphatic carbocycles. The molecule has 4 nitrogen and oxygen atoms in total. The van der Waals surface area contributed by atoms with Gasteiger partial charge in [-0.25, -0.2) is 0 Å². The molecule has 3 rings (SSSR count). The van der Waals surface area contributed by atoms with Crippen molar-refractivity contribution in [2.75, 3.05) is 0 Å². The van der Waals surface area contributed by atoms with Crippen molar-refractivity contribution < 1.29 is 9.53 Å². The molecule has 136 valence electrons. The van der Waals surface area contributed by atoms with Gasteiger partial charge in [-0.3, -0.25) is 9.78 Å². The number of rotatable bonds is 6. The molecule has 1 atom stereocenters. The number of nitrogens with zero attached hydrogens (tertiary/aromatic N) is 1. The minimum atomic E-state index is -0.141. The van der Waals surface area contributed by atoms with Crippen LogP contribution in [0.4, 0.5) is 0 Å². The van der Waals surface area contributed by atoms with Crippen molar-refractivity contribution in [2.24, 2.45) is 0 Å². The Morgan fingerprint density at radius 1 is 1.04 bits per heavy atom. The van der Waals surface area contributed by atoms with Gasteiger partial charge in [-0.2, -0.15) is 0 Å². The van der Waals surface area contributed by atoms with Crippen LogP contribution in [-0.4, -0.2) is 10.9 Å². The largest absolute Gasteiger partial charge is 0.456 e. The normalized spacial score (nSPS) is 11.9. The Kier molecular flexibility index (Phi) is 6.00. The zero-order valence-electron chi connectivity index (χ0n) is 15.4. The molecule has 1 heterocycles. The Hall–Kier alpha value is -3.40. The maximum Gasteiger partial charge on any atom is 0.244 e. The number of carbonyl (C=O) groups excluding carboxylic acids is 1. The molecular weight excluding hydrogens is 336 g/mol. The molecule has 1 aromatic heterocycles. The van der Waals surface area contributed by atoms with Crippen molar-refractivity contribution >= 4 is 12.0 Å². The van der Waals surface area contributed by atoms with E-state index < -0.39 is 0 Å². The Labute approximate surface area is 159 Å². The summed E-state index contributed by atoms with van der Waals surface area (Å²) in [4.78, 5) is 16.4. The molecule has 3 aromatic rings. The Morgan fingerprint density at radius 3 is 2.59 bits per heavy atom. The third kappa shape index (κ3) is 5.54. The highest BCUT2D eigenvalue weighted by Crippen LogP contribution is 2.24. The molecule has 1 N–H and O–H groups in total. The van der Waals surface area contributed by atoms with Crippen LogP contribution in [0.5, 0.6) is 11.5 Å². The van der Waals surface area contributed by atoms with E-state index >= 15 is 0 Å². The van der Waals surface area contributed by atoms with Crippen LogP contribution >= 0.6 is 0 Å². The maximum atomic E-state index is 12.2. The molecule has 0 unspecified atom stereocenters. The first kappa shape index (κ1) is 18.4. The zero-order chi connectivity index (χ0) is 19.1. The minimum Gasteiger partial charge on any atom is -0.456 e. The van der Waals surface area contributed by atoms with Crippen LogP contribution < -0.4 is 10.1 Å². The van der Waals surface area contributed by atoms with Crippen LogP contribution in [0.25, 0.3) is 6.08 Å². The first-order valence-electron chi connectivity index (χ1n) is 8.84. The van der Waals surface area contributed by atoms with Gasteiger partial charge in [-0.15, -0.1) is 0 Å². The van der Waals surface area contributed by atoms with Crippen LogP contribution in [0, 0.1) is 6.92 Å². The standard InChI is InChI=1S/C23H22N2O2/c1-17-11-13-22(16-24-17)27-21-10-6-9-20(15-21)18(2)25-23(26)14-12-19-7-4-3-5-8-19/h3-16,18H,1-2H3,(H,25,26)/b14-12+/t18-/m1/s1. The van der Waals surface area contributed by atoms with E-state index in [9.17, 15) is 4.79 Å². The van der Waals surface area contributed by atoms with Gasteiger partial charge in [0.1, 0.15) is 11.5 Å². The van der Waals surface area contributed by atoms with E-state index in [0.29, 0.717) is 11.5 Å². The highest BCUT2D eigenvalue weighted by atomic mass is 16.5. The van der Waals surface area contributed by atoms with Crippen molar-refractivity contribution in [1.29, 1.82) is 0 Å². The quantitative estimate of drug-likeness (QED) is 0.626. The van der Waals surface area contributed by atoms with Gasteiger partial charge in [0.2, 0.25) is 5.91 Å². The van der Waals surface area contributed by atoms with E-state index in [1.54, 1.807) is 18.3 Å². The Balaban J connectivity index is 1.62. The number of aryl methyl sites for hydroxylation is 1. The lowest BCUT2D eigenvalue weighted by atomic mass is 10.1. The third-order valence-corrected chi connectivity index (χ3v) is 4.06. The minimum absolute atomic E-state index is 0.139. The van der Waals surface area contributed by atoms with Crippen molar-refractivity contribution in [1.82, 2.24) is 10.3 Å². The van der Waals surface area contributed by atoms with Gasteiger partial charge >= 0.3 is 0 Å². The topological polar surface area (TPSA) is 51.2 Å². The summed E-state index contributed by atoms with van der Waals surface area (Å²) in [6.07, 6.45) is 5.04. The SMILES string of the molecule is Cc1ccc(Oc2cccc([C@@H](C)NC(=O)/C=C/c3ccccc3)c2)cn1. The second kappa shape index (κ2) is 8.81. The number of amides is 1. The van der Waals surface area contributed by atoms with Crippen LogP contribution in [0.3, 0.4) is 0 Å². The van der Waals surface area contributed by atoms with Crippen molar-refractivity contribution in [3.8, 4) is 11.5 Å². The number of aromatic nitrogens is 1. The number of benzene rings is 2. The van der Waals surface area contributed by atoms with Gasteiger partial charge in [0.15, 0.2) is 0 Å². The average Bonchev–Trinajstić information content (AvgIpc) is 2.69. The molecule has 0 saturated carbocycles. The van der Waals surface area contributed by atoms with Gasteiger partial charge < -0.3 is 10.1 Å². The third-order valence-electron chi connectivity index (χ3n) is 4.06. The van der Waals surface area contributed by atoms with Gasteiger partial charge in [0.25, 0.3) is 0 Å². The van der Waals surface area contributed by atoms with Gasteiger partial charge in [-0.05, 0) is 55.3 Å². The van der Waals surface area contributed by atoms with E-state index in [1.165, 1.54) is 0 Å². The van der Waals surface area contributed by atoms with Crippen molar-refractivity contribution in [2.45, 2.75) is 19.9 Å².